The molecule has 2 aromatic carbocycles. The zero-order valence-corrected chi connectivity index (χ0v) is 16.4. The van der Waals surface area contributed by atoms with Crippen molar-refractivity contribution in [1.82, 2.24) is 10.2 Å². The van der Waals surface area contributed by atoms with Gasteiger partial charge in [-0.3, -0.25) is 9.59 Å². The highest BCUT2D eigenvalue weighted by atomic mass is 16.2. The monoisotopic (exact) mass is 377 g/mol. The summed E-state index contributed by atoms with van der Waals surface area (Å²) in [5.41, 5.74) is 4.66. The number of para-hydroxylation sites is 1. The molecular formula is C23H27N3O2. The smallest absolute Gasteiger partial charge is 0.242 e. The lowest BCUT2D eigenvalue weighted by Gasteiger charge is -2.26. The number of nitrogens with one attached hydrogen (secondary N) is 1. The molecular weight excluding hydrogens is 350 g/mol. The van der Waals surface area contributed by atoms with Crippen LogP contribution >= 0.6 is 0 Å². The first kappa shape index (κ1) is 18.5. The SMILES string of the molecule is CC(C(=O)NCc1ccccc1CN1CCCC1=O)N1CCc2ccccc21. The van der Waals surface area contributed by atoms with E-state index in [4.69, 9.17) is 0 Å². The molecule has 2 heterocycles. The van der Waals surface area contributed by atoms with Crippen molar-refractivity contribution in [1.29, 1.82) is 0 Å². The summed E-state index contributed by atoms with van der Waals surface area (Å²) in [4.78, 5) is 28.8. The lowest BCUT2D eigenvalue weighted by atomic mass is 10.1. The van der Waals surface area contributed by atoms with Gasteiger partial charge in [-0.05, 0) is 42.5 Å². The maximum Gasteiger partial charge on any atom is 0.242 e. The first-order valence-electron chi connectivity index (χ1n) is 10.1. The molecule has 1 saturated heterocycles. The number of carbonyl (C=O) groups is 2. The van der Waals surface area contributed by atoms with Gasteiger partial charge in [-0.1, -0.05) is 42.5 Å². The maximum absolute atomic E-state index is 12.8. The summed E-state index contributed by atoms with van der Waals surface area (Å²) in [5, 5.41) is 3.10. The van der Waals surface area contributed by atoms with Crippen LogP contribution in [-0.2, 0) is 29.1 Å². The van der Waals surface area contributed by atoms with E-state index in [0.29, 0.717) is 19.5 Å². The van der Waals surface area contributed by atoms with Crippen molar-refractivity contribution in [3.63, 3.8) is 0 Å². The zero-order valence-electron chi connectivity index (χ0n) is 16.4. The van der Waals surface area contributed by atoms with Crippen LogP contribution in [-0.4, -0.2) is 35.8 Å². The summed E-state index contributed by atoms with van der Waals surface area (Å²) < 4.78 is 0. The molecule has 1 fully saturated rings. The summed E-state index contributed by atoms with van der Waals surface area (Å²) in [6.45, 7) is 4.77. The minimum atomic E-state index is -0.212. The van der Waals surface area contributed by atoms with Crippen molar-refractivity contribution in [2.75, 3.05) is 18.0 Å². The van der Waals surface area contributed by atoms with Crippen molar-refractivity contribution in [2.45, 2.75) is 45.3 Å². The van der Waals surface area contributed by atoms with Crippen LogP contribution in [0, 0.1) is 0 Å². The average Bonchev–Trinajstić information content (AvgIpc) is 3.33. The fourth-order valence-corrected chi connectivity index (χ4v) is 4.20. The molecule has 0 saturated carbocycles. The quantitative estimate of drug-likeness (QED) is 0.842. The number of hydrogen-bond acceptors (Lipinski definition) is 3. The van der Waals surface area contributed by atoms with E-state index < -0.39 is 0 Å². The van der Waals surface area contributed by atoms with Gasteiger partial charge >= 0.3 is 0 Å². The predicted molar refractivity (Wildman–Crippen MR) is 110 cm³/mol. The Morgan fingerprint density at radius 2 is 1.79 bits per heavy atom. The van der Waals surface area contributed by atoms with Crippen LogP contribution in [0.25, 0.3) is 0 Å². The molecule has 1 atom stereocenters. The molecule has 4 rings (SSSR count). The van der Waals surface area contributed by atoms with Gasteiger partial charge < -0.3 is 15.1 Å². The van der Waals surface area contributed by atoms with Crippen LogP contribution in [0.4, 0.5) is 5.69 Å². The van der Waals surface area contributed by atoms with Crippen molar-refractivity contribution < 1.29 is 9.59 Å². The lowest BCUT2D eigenvalue weighted by Crippen LogP contribution is -2.44. The van der Waals surface area contributed by atoms with Gasteiger partial charge in [0.1, 0.15) is 6.04 Å². The number of hydrogen-bond donors (Lipinski definition) is 1. The van der Waals surface area contributed by atoms with Gasteiger partial charge in [0.25, 0.3) is 0 Å². The van der Waals surface area contributed by atoms with Crippen molar-refractivity contribution in [3.05, 3.63) is 65.2 Å². The summed E-state index contributed by atoms with van der Waals surface area (Å²) in [5.74, 6) is 0.254. The molecule has 5 nitrogen and oxygen atoms in total. The van der Waals surface area contributed by atoms with Gasteiger partial charge in [-0.2, -0.15) is 0 Å². The third kappa shape index (κ3) is 3.75. The van der Waals surface area contributed by atoms with Gasteiger partial charge in [0, 0.05) is 38.3 Å². The Balaban J connectivity index is 1.39. The Morgan fingerprint density at radius 3 is 2.57 bits per heavy atom. The van der Waals surface area contributed by atoms with E-state index in [2.05, 4.69) is 28.4 Å². The van der Waals surface area contributed by atoms with Crippen molar-refractivity contribution in [3.8, 4) is 0 Å². The van der Waals surface area contributed by atoms with Crippen LogP contribution < -0.4 is 10.2 Å². The number of rotatable bonds is 6. The zero-order chi connectivity index (χ0) is 19.5. The highest BCUT2D eigenvalue weighted by Crippen LogP contribution is 2.29. The molecule has 5 heteroatoms. The summed E-state index contributed by atoms with van der Waals surface area (Å²) >= 11 is 0. The summed E-state index contributed by atoms with van der Waals surface area (Å²) in [6.07, 6.45) is 2.57. The Bertz CT molecular complexity index is 880. The number of nitrogens with zero attached hydrogens (tertiary/aromatic N) is 2. The molecule has 2 aliphatic rings. The summed E-state index contributed by atoms with van der Waals surface area (Å²) in [6, 6.07) is 16.1. The second kappa shape index (κ2) is 8.05. The molecule has 0 bridgehead atoms. The minimum absolute atomic E-state index is 0.0313. The number of amides is 2. The Morgan fingerprint density at radius 1 is 1.04 bits per heavy atom. The van der Waals surface area contributed by atoms with Gasteiger partial charge in [-0.25, -0.2) is 0 Å². The first-order valence-corrected chi connectivity index (χ1v) is 10.1. The van der Waals surface area contributed by atoms with Gasteiger partial charge in [0.15, 0.2) is 0 Å². The Kier molecular flexibility index (Phi) is 5.33. The highest BCUT2D eigenvalue weighted by molar-refractivity contribution is 5.85. The van der Waals surface area contributed by atoms with Crippen LogP contribution in [0.5, 0.6) is 0 Å². The largest absolute Gasteiger partial charge is 0.359 e. The molecule has 2 amide bonds. The Hall–Kier alpha value is -2.82. The van der Waals surface area contributed by atoms with Crippen molar-refractivity contribution in [2.24, 2.45) is 0 Å². The van der Waals surface area contributed by atoms with Gasteiger partial charge in [0.2, 0.25) is 11.8 Å². The standard InChI is InChI=1S/C23H27N3O2/c1-17(26-14-12-18-7-4-5-10-21(18)26)23(28)24-15-19-8-2-3-9-20(19)16-25-13-6-11-22(25)27/h2-5,7-10,17H,6,11-16H2,1H3,(H,24,28). The number of fused-ring (bicyclic) bond motifs is 1. The summed E-state index contributed by atoms with van der Waals surface area (Å²) in [7, 11) is 0. The molecule has 0 radical (unpaired) electrons. The molecule has 0 spiro atoms. The normalized spacial score (nSPS) is 17.0. The van der Waals surface area contributed by atoms with E-state index in [1.54, 1.807) is 0 Å². The van der Waals surface area contributed by atoms with E-state index in [0.717, 1.165) is 42.7 Å². The molecule has 146 valence electrons. The molecule has 28 heavy (non-hydrogen) atoms. The van der Waals surface area contributed by atoms with Gasteiger partial charge in [0.05, 0.1) is 0 Å². The lowest BCUT2D eigenvalue weighted by molar-refractivity contribution is -0.128. The van der Waals surface area contributed by atoms with Crippen LogP contribution in [0.1, 0.15) is 36.5 Å². The first-order chi connectivity index (χ1) is 13.6. The third-order valence-electron chi connectivity index (χ3n) is 5.87. The van der Waals surface area contributed by atoms with E-state index >= 15 is 0 Å². The van der Waals surface area contributed by atoms with Crippen molar-refractivity contribution >= 4 is 17.5 Å². The van der Waals surface area contributed by atoms with E-state index in [1.165, 1.54) is 5.56 Å². The van der Waals surface area contributed by atoms with E-state index in [-0.39, 0.29) is 17.9 Å². The molecule has 2 aliphatic heterocycles. The highest BCUT2D eigenvalue weighted by Gasteiger charge is 2.27. The van der Waals surface area contributed by atoms with Crippen LogP contribution in [0.15, 0.2) is 48.5 Å². The van der Waals surface area contributed by atoms with E-state index in [9.17, 15) is 9.59 Å². The Labute approximate surface area is 166 Å². The average molecular weight is 377 g/mol. The number of benzene rings is 2. The maximum atomic E-state index is 12.8. The predicted octanol–water partition coefficient (Wildman–Crippen LogP) is 2.88. The van der Waals surface area contributed by atoms with Gasteiger partial charge in [-0.15, -0.1) is 0 Å². The number of carbonyl (C=O) groups excluding carboxylic acids is 2. The molecule has 2 aromatic rings. The van der Waals surface area contributed by atoms with Crippen LogP contribution in [0.2, 0.25) is 0 Å². The molecule has 0 aliphatic carbocycles. The number of likely N-dealkylation sites (tertiary alicyclic amines) is 1. The third-order valence-corrected chi connectivity index (χ3v) is 5.87. The number of anilines is 1. The minimum Gasteiger partial charge on any atom is -0.359 e. The molecule has 0 aromatic heterocycles. The van der Waals surface area contributed by atoms with Crippen LogP contribution in [0.3, 0.4) is 0 Å². The fraction of sp³-hybridized carbons (Fsp3) is 0.391. The second-order valence-corrected chi connectivity index (χ2v) is 7.65. The molecule has 1 unspecified atom stereocenters. The van der Waals surface area contributed by atoms with E-state index in [1.807, 2.05) is 42.2 Å². The fourth-order valence-electron chi connectivity index (χ4n) is 4.20. The topological polar surface area (TPSA) is 52.7 Å². The molecule has 1 N–H and O–H groups in total. The second-order valence-electron chi connectivity index (χ2n) is 7.65.